The fraction of sp³-hybridized carbons (Fsp3) is 0. The third-order valence-electron chi connectivity index (χ3n) is 1.74. The van der Waals surface area contributed by atoms with E-state index in [1.165, 1.54) is 24.4 Å². The molecule has 0 aliphatic rings. The van der Waals surface area contributed by atoms with Crippen molar-refractivity contribution in [1.29, 1.82) is 0 Å². The standard InChI is InChI=1S/C10H7FN2O2/c11-7-2-1-3-8(4-7)13-10(14)9-5-12-6-15-9/h1-6H,(H,13,14). The molecule has 1 aromatic heterocycles. The molecule has 0 spiro atoms. The van der Waals surface area contributed by atoms with Crippen LogP contribution in [0, 0.1) is 5.82 Å². The molecule has 1 aromatic carbocycles. The molecule has 1 N–H and O–H groups in total. The van der Waals surface area contributed by atoms with E-state index in [1.54, 1.807) is 6.07 Å². The van der Waals surface area contributed by atoms with Crippen LogP contribution in [0.2, 0.25) is 0 Å². The lowest BCUT2D eigenvalue weighted by Crippen LogP contribution is -2.10. The van der Waals surface area contributed by atoms with Gasteiger partial charge in [-0.1, -0.05) is 6.07 Å². The summed E-state index contributed by atoms with van der Waals surface area (Å²) < 4.78 is 17.6. The van der Waals surface area contributed by atoms with Crippen molar-refractivity contribution in [2.24, 2.45) is 0 Å². The number of carbonyl (C=O) groups excluding carboxylic acids is 1. The fourth-order valence-corrected chi connectivity index (χ4v) is 1.09. The minimum absolute atomic E-state index is 0.0826. The van der Waals surface area contributed by atoms with E-state index in [0.717, 1.165) is 6.39 Å². The molecule has 4 nitrogen and oxygen atoms in total. The van der Waals surface area contributed by atoms with E-state index in [9.17, 15) is 9.18 Å². The molecule has 0 atom stereocenters. The maximum absolute atomic E-state index is 12.8. The Labute approximate surface area is 84.7 Å². The highest BCUT2D eigenvalue weighted by atomic mass is 19.1. The molecule has 76 valence electrons. The summed E-state index contributed by atoms with van der Waals surface area (Å²) in [4.78, 5) is 15.0. The van der Waals surface area contributed by atoms with Crippen LogP contribution in [0.5, 0.6) is 0 Å². The zero-order valence-corrected chi connectivity index (χ0v) is 7.61. The number of rotatable bonds is 2. The first kappa shape index (κ1) is 9.39. The quantitative estimate of drug-likeness (QED) is 0.818. The van der Waals surface area contributed by atoms with E-state index < -0.39 is 11.7 Å². The average Bonchev–Trinajstić information content (AvgIpc) is 2.70. The summed E-state index contributed by atoms with van der Waals surface area (Å²) in [5.74, 6) is -0.789. The van der Waals surface area contributed by atoms with Crippen LogP contribution in [0.3, 0.4) is 0 Å². The lowest BCUT2D eigenvalue weighted by atomic mass is 10.3. The second-order valence-corrected chi connectivity index (χ2v) is 2.83. The summed E-state index contributed by atoms with van der Waals surface area (Å²) in [6.45, 7) is 0. The van der Waals surface area contributed by atoms with Crippen molar-refractivity contribution >= 4 is 11.6 Å². The lowest BCUT2D eigenvalue weighted by molar-refractivity contribution is 0.0996. The van der Waals surface area contributed by atoms with Crippen molar-refractivity contribution in [2.45, 2.75) is 0 Å². The van der Waals surface area contributed by atoms with Gasteiger partial charge in [-0.05, 0) is 18.2 Å². The highest BCUT2D eigenvalue weighted by Crippen LogP contribution is 2.10. The van der Waals surface area contributed by atoms with Gasteiger partial charge in [-0.15, -0.1) is 0 Å². The number of hydrogen-bond donors (Lipinski definition) is 1. The second-order valence-electron chi connectivity index (χ2n) is 2.83. The molecule has 0 bridgehead atoms. The number of hydrogen-bond acceptors (Lipinski definition) is 3. The average molecular weight is 206 g/mol. The molecule has 0 aliphatic heterocycles. The van der Waals surface area contributed by atoms with Gasteiger partial charge in [0.15, 0.2) is 6.39 Å². The minimum atomic E-state index is -0.460. The summed E-state index contributed by atoms with van der Waals surface area (Å²) in [7, 11) is 0. The molecule has 2 rings (SSSR count). The Morgan fingerprint density at radius 1 is 1.47 bits per heavy atom. The number of halogens is 1. The minimum Gasteiger partial charge on any atom is -0.438 e. The van der Waals surface area contributed by atoms with E-state index in [0.29, 0.717) is 5.69 Å². The highest BCUT2D eigenvalue weighted by Gasteiger charge is 2.09. The van der Waals surface area contributed by atoms with E-state index in [1.807, 2.05) is 0 Å². The number of nitrogens with one attached hydrogen (secondary N) is 1. The molecule has 0 unspecified atom stereocenters. The second kappa shape index (κ2) is 3.91. The molecule has 5 heteroatoms. The zero-order valence-electron chi connectivity index (χ0n) is 7.61. The smallest absolute Gasteiger partial charge is 0.293 e. The van der Waals surface area contributed by atoms with Crippen molar-refractivity contribution in [2.75, 3.05) is 5.32 Å². The summed E-state index contributed by atoms with van der Waals surface area (Å²) in [5, 5.41) is 2.47. The van der Waals surface area contributed by atoms with E-state index in [2.05, 4.69) is 10.3 Å². The topological polar surface area (TPSA) is 55.1 Å². The number of anilines is 1. The predicted molar refractivity (Wildman–Crippen MR) is 50.9 cm³/mol. The molecule has 0 saturated heterocycles. The van der Waals surface area contributed by atoms with Crippen LogP contribution in [-0.4, -0.2) is 10.9 Å². The SMILES string of the molecule is O=C(Nc1cccc(F)c1)c1cnco1. The first-order chi connectivity index (χ1) is 7.25. The maximum Gasteiger partial charge on any atom is 0.293 e. The van der Waals surface area contributed by atoms with Crippen LogP contribution in [0.1, 0.15) is 10.6 Å². The number of benzene rings is 1. The zero-order chi connectivity index (χ0) is 10.7. The van der Waals surface area contributed by atoms with Crippen molar-refractivity contribution < 1.29 is 13.6 Å². The summed E-state index contributed by atoms with van der Waals surface area (Å²) >= 11 is 0. The normalized spacial score (nSPS) is 9.93. The van der Waals surface area contributed by atoms with Gasteiger partial charge < -0.3 is 9.73 Å². The molecular formula is C10H7FN2O2. The molecule has 0 saturated carbocycles. The number of aromatic nitrogens is 1. The van der Waals surface area contributed by atoms with Gasteiger partial charge in [-0.25, -0.2) is 9.37 Å². The van der Waals surface area contributed by atoms with Gasteiger partial charge in [0, 0.05) is 5.69 Å². The molecule has 1 amide bonds. The maximum atomic E-state index is 12.8. The Balaban J connectivity index is 2.13. The van der Waals surface area contributed by atoms with Crippen molar-refractivity contribution in [3.05, 3.63) is 48.4 Å². The molecule has 15 heavy (non-hydrogen) atoms. The Bertz CT molecular complexity index is 468. The van der Waals surface area contributed by atoms with Crippen LogP contribution >= 0.6 is 0 Å². The van der Waals surface area contributed by atoms with Gasteiger partial charge in [0.2, 0.25) is 5.76 Å². The van der Waals surface area contributed by atoms with Crippen molar-refractivity contribution in [3.63, 3.8) is 0 Å². The third kappa shape index (κ3) is 2.19. The van der Waals surface area contributed by atoms with Crippen LogP contribution < -0.4 is 5.32 Å². The Hall–Kier alpha value is -2.17. The number of carbonyl (C=O) groups is 1. The van der Waals surface area contributed by atoms with Crippen LogP contribution in [-0.2, 0) is 0 Å². The first-order valence-corrected chi connectivity index (χ1v) is 4.21. The molecule has 0 aliphatic carbocycles. The van der Waals surface area contributed by atoms with Gasteiger partial charge in [0.1, 0.15) is 5.82 Å². The molecule has 1 heterocycles. The van der Waals surface area contributed by atoms with Gasteiger partial charge in [0.05, 0.1) is 6.20 Å². The monoisotopic (exact) mass is 206 g/mol. The Morgan fingerprint density at radius 2 is 2.33 bits per heavy atom. The van der Waals surface area contributed by atoms with E-state index in [4.69, 9.17) is 4.42 Å². The number of amides is 1. The summed E-state index contributed by atoms with van der Waals surface area (Å²) in [5.41, 5.74) is 0.372. The molecule has 2 aromatic rings. The van der Waals surface area contributed by atoms with Crippen molar-refractivity contribution in [1.82, 2.24) is 4.98 Å². The van der Waals surface area contributed by atoms with Crippen LogP contribution in [0.25, 0.3) is 0 Å². The largest absolute Gasteiger partial charge is 0.438 e. The summed E-state index contributed by atoms with van der Waals surface area (Å²) in [6.07, 6.45) is 2.44. The number of nitrogens with zero attached hydrogens (tertiary/aromatic N) is 1. The third-order valence-corrected chi connectivity index (χ3v) is 1.74. The summed E-state index contributed by atoms with van der Waals surface area (Å²) in [6, 6.07) is 5.60. The Morgan fingerprint density at radius 3 is 3.00 bits per heavy atom. The molecule has 0 radical (unpaired) electrons. The molecular weight excluding hydrogens is 199 g/mol. The fourth-order valence-electron chi connectivity index (χ4n) is 1.09. The van der Waals surface area contributed by atoms with Gasteiger partial charge in [0.25, 0.3) is 5.91 Å². The first-order valence-electron chi connectivity index (χ1n) is 4.21. The van der Waals surface area contributed by atoms with E-state index >= 15 is 0 Å². The predicted octanol–water partition coefficient (Wildman–Crippen LogP) is 2.07. The van der Waals surface area contributed by atoms with Crippen molar-refractivity contribution in [3.8, 4) is 0 Å². The van der Waals surface area contributed by atoms with Gasteiger partial charge in [-0.2, -0.15) is 0 Å². The molecule has 0 fully saturated rings. The Kier molecular flexibility index (Phi) is 2.45. The highest BCUT2D eigenvalue weighted by molar-refractivity contribution is 6.01. The van der Waals surface area contributed by atoms with Crippen LogP contribution in [0.15, 0.2) is 41.3 Å². The van der Waals surface area contributed by atoms with E-state index in [-0.39, 0.29) is 5.76 Å². The van der Waals surface area contributed by atoms with Crippen LogP contribution in [0.4, 0.5) is 10.1 Å². The van der Waals surface area contributed by atoms with Gasteiger partial charge in [-0.3, -0.25) is 4.79 Å². The van der Waals surface area contributed by atoms with Gasteiger partial charge >= 0.3 is 0 Å². The number of oxazole rings is 1. The lowest BCUT2D eigenvalue weighted by Gasteiger charge is -2.01.